The Morgan fingerprint density at radius 2 is 1.72 bits per heavy atom. The third-order valence-corrected chi connectivity index (χ3v) is 6.82. The van der Waals surface area contributed by atoms with E-state index in [-0.39, 0.29) is 11.5 Å². The number of anilines is 1. The van der Waals surface area contributed by atoms with E-state index < -0.39 is 10.0 Å². The van der Waals surface area contributed by atoms with Gasteiger partial charge in [-0.1, -0.05) is 0 Å². The van der Waals surface area contributed by atoms with Crippen LogP contribution in [0.1, 0.15) is 0 Å². The summed E-state index contributed by atoms with van der Waals surface area (Å²) in [5.41, 5.74) is 0. The zero-order chi connectivity index (χ0) is 17.9. The van der Waals surface area contributed by atoms with Crippen LogP contribution in [0.25, 0.3) is 0 Å². The van der Waals surface area contributed by atoms with E-state index in [4.69, 9.17) is 5.11 Å². The van der Waals surface area contributed by atoms with Crippen molar-refractivity contribution in [1.29, 1.82) is 0 Å². The molecule has 0 radical (unpaired) electrons. The van der Waals surface area contributed by atoms with Crippen molar-refractivity contribution in [3.8, 4) is 0 Å². The molecule has 0 unspecified atom stereocenters. The van der Waals surface area contributed by atoms with Gasteiger partial charge in [0.05, 0.1) is 6.61 Å². The summed E-state index contributed by atoms with van der Waals surface area (Å²) in [6.45, 7) is 6.84. The van der Waals surface area contributed by atoms with Crippen LogP contribution in [0.3, 0.4) is 0 Å². The molecular weight excluding hydrogens is 342 g/mol. The molecule has 2 aliphatic heterocycles. The Labute approximate surface area is 149 Å². The van der Waals surface area contributed by atoms with Crippen LogP contribution in [0.2, 0.25) is 0 Å². The number of piperazine rings is 2. The second-order valence-corrected chi connectivity index (χ2v) is 8.55. The third kappa shape index (κ3) is 4.29. The zero-order valence-corrected chi connectivity index (χ0v) is 15.5. The minimum absolute atomic E-state index is 0.178. The van der Waals surface area contributed by atoms with Crippen LogP contribution in [0, 0.1) is 0 Å². The number of pyridine rings is 1. The summed E-state index contributed by atoms with van der Waals surface area (Å²) in [7, 11) is -1.46. The maximum absolute atomic E-state index is 12.7. The van der Waals surface area contributed by atoms with Crippen LogP contribution in [0.5, 0.6) is 0 Å². The number of rotatable bonds is 5. The highest BCUT2D eigenvalue weighted by Gasteiger charge is 2.28. The normalized spacial score (nSPS) is 21.6. The van der Waals surface area contributed by atoms with Crippen molar-refractivity contribution in [1.82, 2.24) is 19.1 Å². The Balaban J connectivity index is 1.64. The van der Waals surface area contributed by atoms with Crippen LogP contribution in [0.4, 0.5) is 5.82 Å². The number of aliphatic hydroxyl groups is 1. The molecule has 8 nitrogen and oxygen atoms in total. The summed E-state index contributed by atoms with van der Waals surface area (Å²) in [4.78, 5) is 11.1. The number of sulfonamides is 1. The summed E-state index contributed by atoms with van der Waals surface area (Å²) in [5, 5.41) is 9.00. The molecule has 9 heteroatoms. The van der Waals surface area contributed by atoms with E-state index >= 15 is 0 Å². The standard InChI is InChI=1S/C16H27N5O3S/c1-18-4-10-21(11-5-18)25(23,24)15-2-3-16(17-14-15)20-8-6-19(7-9-20)12-13-22/h2-3,14,22H,4-13H2,1H3. The molecule has 2 fully saturated rings. The first-order valence-corrected chi connectivity index (χ1v) is 10.2. The van der Waals surface area contributed by atoms with Gasteiger partial charge in [0.2, 0.25) is 10.0 Å². The van der Waals surface area contributed by atoms with Crippen molar-refractivity contribution in [3.05, 3.63) is 18.3 Å². The number of β-amino-alcohol motifs (C(OH)–C–C–N with tert-alkyl or cyclic N) is 1. The zero-order valence-electron chi connectivity index (χ0n) is 14.7. The van der Waals surface area contributed by atoms with Gasteiger partial charge in [0, 0.05) is 65.1 Å². The van der Waals surface area contributed by atoms with Gasteiger partial charge >= 0.3 is 0 Å². The number of aliphatic hydroxyl groups excluding tert-OH is 1. The van der Waals surface area contributed by atoms with Crippen LogP contribution in [0.15, 0.2) is 23.2 Å². The lowest BCUT2D eigenvalue weighted by atomic mass is 10.3. The van der Waals surface area contributed by atoms with Gasteiger partial charge in [-0.05, 0) is 19.2 Å². The second kappa shape index (κ2) is 7.96. The average molecular weight is 369 g/mol. The first-order chi connectivity index (χ1) is 12.0. The topological polar surface area (TPSA) is 80.2 Å². The molecule has 1 N–H and O–H groups in total. The van der Waals surface area contributed by atoms with Gasteiger partial charge in [0.25, 0.3) is 0 Å². The molecule has 2 saturated heterocycles. The van der Waals surface area contributed by atoms with Crippen molar-refractivity contribution in [2.75, 3.05) is 77.5 Å². The number of hydrogen-bond donors (Lipinski definition) is 1. The quantitative estimate of drug-likeness (QED) is 0.723. The predicted molar refractivity (Wildman–Crippen MR) is 96.2 cm³/mol. The molecule has 0 saturated carbocycles. The summed E-state index contributed by atoms with van der Waals surface area (Å²) in [5.74, 6) is 0.806. The molecule has 3 heterocycles. The van der Waals surface area contributed by atoms with E-state index in [2.05, 4.69) is 19.7 Å². The molecule has 140 valence electrons. The minimum atomic E-state index is -3.46. The SMILES string of the molecule is CN1CCN(S(=O)(=O)c2ccc(N3CCN(CCO)CC3)nc2)CC1. The first-order valence-electron chi connectivity index (χ1n) is 8.73. The van der Waals surface area contributed by atoms with E-state index in [9.17, 15) is 8.42 Å². The van der Waals surface area contributed by atoms with Gasteiger partial charge in [0.15, 0.2) is 0 Å². The largest absolute Gasteiger partial charge is 0.395 e. The average Bonchev–Trinajstić information content (AvgIpc) is 2.63. The van der Waals surface area contributed by atoms with E-state index in [0.29, 0.717) is 19.6 Å². The van der Waals surface area contributed by atoms with E-state index in [1.165, 1.54) is 10.5 Å². The van der Waals surface area contributed by atoms with Crippen molar-refractivity contribution in [2.45, 2.75) is 4.90 Å². The van der Waals surface area contributed by atoms with Crippen molar-refractivity contribution >= 4 is 15.8 Å². The first kappa shape index (κ1) is 18.5. The Kier molecular flexibility index (Phi) is 5.90. The van der Waals surface area contributed by atoms with Crippen molar-refractivity contribution in [3.63, 3.8) is 0 Å². The van der Waals surface area contributed by atoms with Gasteiger partial charge < -0.3 is 14.9 Å². The molecule has 0 aliphatic carbocycles. The Bertz CT molecular complexity index is 651. The van der Waals surface area contributed by atoms with Crippen molar-refractivity contribution in [2.24, 2.45) is 0 Å². The Hall–Kier alpha value is -1.26. The number of likely N-dealkylation sites (N-methyl/N-ethyl adjacent to an activating group) is 1. The maximum atomic E-state index is 12.7. The van der Waals surface area contributed by atoms with Gasteiger partial charge in [-0.25, -0.2) is 13.4 Å². The Morgan fingerprint density at radius 1 is 1.04 bits per heavy atom. The smallest absolute Gasteiger partial charge is 0.244 e. The molecule has 1 aromatic rings. The van der Waals surface area contributed by atoms with E-state index in [1.807, 2.05) is 7.05 Å². The molecular formula is C16H27N5O3S. The van der Waals surface area contributed by atoms with Gasteiger partial charge in [-0.15, -0.1) is 0 Å². The minimum Gasteiger partial charge on any atom is -0.395 e. The van der Waals surface area contributed by atoms with Crippen LogP contribution in [-0.2, 0) is 10.0 Å². The number of nitrogens with zero attached hydrogens (tertiary/aromatic N) is 5. The molecule has 0 amide bonds. The molecule has 0 aromatic carbocycles. The molecule has 0 spiro atoms. The monoisotopic (exact) mass is 369 g/mol. The van der Waals surface area contributed by atoms with Gasteiger partial charge in [-0.3, -0.25) is 4.90 Å². The number of aromatic nitrogens is 1. The Morgan fingerprint density at radius 3 is 2.28 bits per heavy atom. The summed E-state index contributed by atoms with van der Waals surface area (Å²) in [6.07, 6.45) is 1.48. The third-order valence-electron chi connectivity index (χ3n) is 4.93. The molecule has 25 heavy (non-hydrogen) atoms. The van der Waals surface area contributed by atoms with Gasteiger partial charge in [-0.2, -0.15) is 4.31 Å². The van der Waals surface area contributed by atoms with Crippen molar-refractivity contribution < 1.29 is 13.5 Å². The molecule has 2 aliphatic rings. The fourth-order valence-electron chi connectivity index (χ4n) is 3.23. The highest BCUT2D eigenvalue weighted by molar-refractivity contribution is 7.89. The van der Waals surface area contributed by atoms with Crippen LogP contribution < -0.4 is 4.90 Å². The second-order valence-electron chi connectivity index (χ2n) is 6.61. The lowest BCUT2D eigenvalue weighted by molar-refractivity contribution is 0.188. The lowest BCUT2D eigenvalue weighted by Gasteiger charge is -2.35. The summed E-state index contributed by atoms with van der Waals surface area (Å²) < 4.78 is 27.0. The fraction of sp³-hybridized carbons (Fsp3) is 0.688. The van der Waals surface area contributed by atoms with E-state index in [1.54, 1.807) is 12.1 Å². The molecule has 0 atom stereocenters. The highest BCUT2D eigenvalue weighted by atomic mass is 32.2. The fourth-order valence-corrected chi connectivity index (χ4v) is 4.60. The molecule has 1 aromatic heterocycles. The number of hydrogen-bond acceptors (Lipinski definition) is 7. The molecule has 0 bridgehead atoms. The lowest BCUT2D eigenvalue weighted by Crippen LogP contribution is -2.47. The maximum Gasteiger partial charge on any atom is 0.244 e. The van der Waals surface area contributed by atoms with Crippen LogP contribution >= 0.6 is 0 Å². The highest BCUT2D eigenvalue weighted by Crippen LogP contribution is 2.20. The molecule has 3 rings (SSSR count). The predicted octanol–water partition coefficient (Wildman–Crippen LogP) is -0.868. The van der Waals surface area contributed by atoms with Gasteiger partial charge in [0.1, 0.15) is 10.7 Å². The summed E-state index contributed by atoms with van der Waals surface area (Å²) >= 11 is 0. The van der Waals surface area contributed by atoms with E-state index in [0.717, 1.165) is 45.1 Å². The van der Waals surface area contributed by atoms with Crippen LogP contribution in [-0.4, -0.2) is 105 Å². The summed E-state index contributed by atoms with van der Waals surface area (Å²) in [6, 6.07) is 3.46.